The molecule has 146 valence electrons. The molecule has 7 heteroatoms. The number of benzene rings is 1. The largest absolute Gasteiger partial charge is 0.487 e. The van der Waals surface area contributed by atoms with Crippen molar-refractivity contribution in [3.8, 4) is 5.75 Å². The van der Waals surface area contributed by atoms with Crippen LogP contribution in [-0.2, 0) is 23.6 Å². The van der Waals surface area contributed by atoms with E-state index in [4.69, 9.17) is 4.74 Å². The van der Waals surface area contributed by atoms with E-state index >= 15 is 0 Å². The van der Waals surface area contributed by atoms with Gasteiger partial charge in [0, 0.05) is 39.0 Å². The highest BCUT2D eigenvalue weighted by molar-refractivity contribution is 7.07. The fraction of sp³-hybridized carbons (Fsp3) is 0.429. The number of rotatable bonds is 7. The Morgan fingerprint density at radius 1 is 1.32 bits per heavy atom. The molecule has 2 saturated carbocycles. The van der Waals surface area contributed by atoms with E-state index in [1.54, 1.807) is 5.51 Å². The van der Waals surface area contributed by atoms with Gasteiger partial charge in [-0.1, -0.05) is 6.92 Å². The van der Waals surface area contributed by atoms with Crippen molar-refractivity contribution in [3.05, 3.63) is 46.0 Å². The highest BCUT2D eigenvalue weighted by Gasteiger charge is 2.47. The number of H-pyrrole nitrogens is 1. The number of fused-ring (bicyclic) bond motifs is 1. The third kappa shape index (κ3) is 3.28. The molecule has 5 rings (SSSR count). The summed E-state index contributed by atoms with van der Waals surface area (Å²) >= 11 is 1.51. The predicted molar refractivity (Wildman–Crippen MR) is 106 cm³/mol. The number of ether oxygens (including phenoxy) is 1. The van der Waals surface area contributed by atoms with Crippen molar-refractivity contribution in [3.63, 3.8) is 0 Å². The van der Waals surface area contributed by atoms with Gasteiger partial charge in [-0.05, 0) is 37.8 Å². The molecule has 5 nitrogen and oxygen atoms in total. The van der Waals surface area contributed by atoms with Crippen molar-refractivity contribution >= 4 is 28.1 Å². The van der Waals surface area contributed by atoms with Crippen LogP contribution < -0.4 is 10.1 Å². The number of nitrogens with one attached hydrogen (secondary N) is 2. The van der Waals surface area contributed by atoms with E-state index in [1.165, 1.54) is 11.3 Å². The first-order valence-corrected chi connectivity index (χ1v) is 10.5. The summed E-state index contributed by atoms with van der Waals surface area (Å²) in [5, 5.41) is 5.85. The molecule has 0 aliphatic heterocycles. The minimum Gasteiger partial charge on any atom is -0.487 e. The van der Waals surface area contributed by atoms with Crippen molar-refractivity contribution in [1.29, 1.82) is 0 Å². The molecule has 2 aromatic heterocycles. The summed E-state index contributed by atoms with van der Waals surface area (Å²) in [6.45, 7) is 2.75. The van der Waals surface area contributed by atoms with Gasteiger partial charge in [0.15, 0.2) is 0 Å². The minimum absolute atomic E-state index is 0.0971. The van der Waals surface area contributed by atoms with Crippen LogP contribution >= 0.6 is 11.3 Å². The van der Waals surface area contributed by atoms with E-state index in [2.05, 4.69) is 15.3 Å². The molecular formula is C21H22FN3O2S. The standard InChI is InChI=1S/C21H22FN3O2S/c1-20(2-3-20)19(26)23-9-14-6-13-7-16(21(22)4-5-21)18(8-17(13)25-14)27-10-15-11-28-12-24-15/h6-8,11-12,25H,2-5,9-10H2,1H3,(H,23,26). The lowest BCUT2D eigenvalue weighted by Gasteiger charge is -2.14. The first-order valence-electron chi connectivity index (χ1n) is 9.58. The van der Waals surface area contributed by atoms with Gasteiger partial charge < -0.3 is 15.0 Å². The Kier molecular flexibility index (Phi) is 3.98. The zero-order chi connectivity index (χ0) is 19.4. The van der Waals surface area contributed by atoms with Crippen LogP contribution in [0, 0.1) is 5.41 Å². The molecule has 2 fully saturated rings. The Hall–Kier alpha value is -2.41. The van der Waals surface area contributed by atoms with E-state index in [9.17, 15) is 9.18 Å². The van der Waals surface area contributed by atoms with Crippen LogP contribution in [0.3, 0.4) is 0 Å². The Labute approximate surface area is 166 Å². The molecule has 0 atom stereocenters. The molecule has 0 saturated heterocycles. The number of thiazole rings is 1. The van der Waals surface area contributed by atoms with Gasteiger partial charge in [-0.15, -0.1) is 11.3 Å². The molecule has 0 bridgehead atoms. The molecule has 2 aliphatic carbocycles. The summed E-state index contributed by atoms with van der Waals surface area (Å²) in [7, 11) is 0. The van der Waals surface area contributed by atoms with Crippen molar-refractivity contribution < 1.29 is 13.9 Å². The number of aromatic amines is 1. The molecule has 28 heavy (non-hydrogen) atoms. The zero-order valence-corrected chi connectivity index (χ0v) is 16.5. The first-order chi connectivity index (χ1) is 13.5. The summed E-state index contributed by atoms with van der Waals surface area (Å²) < 4.78 is 20.9. The maximum Gasteiger partial charge on any atom is 0.226 e. The van der Waals surface area contributed by atoms with E-state index in [0.717, 1.165) is 35.1 Å². The average molecular weight is 399 g/mol. The Morgan fingerprint density at radius 3 is 2.82 bits per heavy atom. The lowest BCUT2D eigenvalue weighted by molar-refractivity contribution is -0.125. The fourth-order valence-electron chi connectivity index (χ4n) is 3.43. The topological polar surface area (TPSA) is 67.0 Å². The molecule has 0 unspecified atom stereocenters. The summed E-state index contributed by atoms with van der Waals surface area (Å²) in [5.74, 6) is 0.656. The second-order valence-electron chi connectivity index (χ2n) is 8.21. The van der Waals surface area contributed by atoms with Gasteiger partial charge in [-0.2, -0.15) is 0 Å². The number of hydrogen-bond donors (Lipinski definition) is 2. The smallest absolute Gasteiger partial charge is 0.226 e. The lowest BCUT2D eigenvalue weighted by Crippen LogP contribution is -2.29. The van der Waals surface area contributed by atoms with Gasteiger partial charge in [0.25, 0.3) is 0 Å². The van der Waals surface area contributed by atoms with Crippen LogP contribution in [0.25, 0.3) is 10.9 Å². The zero-order valence-electron chi connectivity index (χ0n) is 15.7. The number of carbonyl (C=O) groups excluding carboxylic acids is 1. The van der Waals surface area contributed by atoms with Gasteiger partial charge in [-0.25, -0.2) is 9.37 Å². The molecule has 2 aliphatic rings. The van der Waals surface area contributed by atoms with Crippen molar-refractivity contribution in [2.75, 3.05) is 0 Å². The van der Waals surface area contributed by atoms with E-state index in [-0.39, 0.29) is 11.3 Å². The highest BCUT2D eigenvalue weighted by Crippen LogP contribution is 2.53. The second kappa shape index (κ2) is 6.30. The summed E-state index contributed by atoms with van der Waals surface area (Å²) in [6, 6.07) is 5.72. The molecule has 2 heterocycles. The number of nitrogens with zero attached hydrogens (tertiary/aromatic N) is 1. The van der Waals surface area contributed by atoms with Crippen molar-refractivity contribution in [2.45, 2.75) is 51.4 Å². The Bertz CT molecular complexity index is 1040. The molecule has 1 amide bonds. The van der Waals surface area contributed by atoms with Crippen LogP contribution in [0.5, 0.6) is 5.75 Å². The van der Waals surface area contributed by atoms with Crippen LogP contribution in [-0.4, -0.2) is 15.9 Å². The fourth-order valence-corrected chi connectivity index (χ4v) is 3.97. The summed E-state index contributed by atoms with van der Waals surface area (Å²) in [4.78, 5) is 19.7. The number of carbonyl (C=O) groups is 1. The molecule has 3 aromatic rings. The Balaban J connectivity index is 1.39. The number of amides is 1. The van der Waals surface area contributed by atoms with E-state index in [1.807, 2.05) is 30.5 Å². The first kappa shape index (κ1) is 17.7. The van der Waals surface area contributed by atoms with Crippen LogP contribution in [0.2, 0.25) is 0 Å². The molecule has 2 N–H and O–H groups in total. The maximum absolute atomic E-state index is 14.9. The second-order valence-corrected chi connectivity index (χ2v) is 8.93. The van der Waals surface area contributed by atoms with Crippen LogP contribution in [0.4, 0.5) is 4.39 Å². The molecule has 0 spiro atoms. The normalized spacial score (nSPS) is 18.8. The van der Waals surface area contributed by atoms with Gasteiger partial charge >= 0.3 is 0 Å². The number of alkyl halides is 1. The molecular weight excluding hydrogens is 377 g/mol. The van der Waals surface area contributed by atoms with E-state index < -0.39 is 5.67 Å². The van der Waals surface area contributed by atoms with Crippen molar-refractivity contribution in [1.82, 2.24) is 15.3 Å². The van der Waals surface area contributed by atoms with Gasteiger partial charge in [0.1, 0.15) is 18.0 Å². The molecule has 0 radical (unpaired) electrons. The van der Waals surface area contributed by atoms with Gasteiger partial charge in [0.2, 0.25) is 5.91 Å². The van der Waals surface area contributed by atoms with E-state index in [0.29, 0.717) is 37.3 Å². The third-order valence-corrected chi connectivity index (χ3v) is 6.43. The predicted octanol–water partition coefficient (Wildman–Crippen LogP) is 4.58. The molecule has 1 aromatic carbocycles. The van der Waals surface area contributed by atoms with Gasteiger partial charge in [0.05, 0.1) is 17.7 Å². The SMILES string of the molecule is CC1(C(=O)NCc2cc3cc(C4(F)CC4)c(OCc4cscn4)cc3[nH]2)CC1. The third-order valence-electron chi connectivity index (χ3n) is 5.79. The van der Waals surface area contributed by atoms with Gasteiger partial charge in [-0.3, -0.25) is 4.79 Å². The number of halogens is 1. The van der Waals surface area contributed by atoms with Crippen LogP contribution in [0.15, 0.2) is 29.1 Å². The monoisotopic (exact) mass is 399 g/mol. The summed E-state index contributed by atoms with van der Waals surface area (Å²) in [6.07, 6.45) is 2.95. The van der Waals surface area contributed by atoms with Crippen LogP contribution in [0.1, 0.15) is 49.6 Å². The quantitative estimate of drug-likeness (QED) is 0.611. The summed E-state index contributed by atoms with van der Waals surface area (Å²) in [5.41, 5.74) is 3.49. The number of hydrogen-bond acceptors (Lipinski definition) is 4. The van der Waals surface area contributed by atoms with Crippen molar-refractivity contribution in [2.24, 2.45) is 5.41 Å². The maximum atomic E-state index is 14.9. The minimum atomic E-state index is -1.29. The lowest BCUT2D eigenvalue weighted by atomic mass is 10.0. The Morgan fingerprint density at radius 2 is 2.14 bits per heavy atom. The average Bonchev–Trinajstić information content (AvgIpc) is 3.48. The highest BCUT2D eigenvalue weighted by atomic mass is 32.1. The number of aromatic nitrogens is 2.